The molecule has 0 unspecified atom stereocenters. The van der Waals surface area contributed by atoms with Crippen LogP contribution in [0.3, 0.4) is 0 Å². The van der Waals surface area contributed by atoms with E-state index in [1.807, 2.05) is 6.92 Å². The van der Waals surface area contributed by atoms with Crippen molar-refractivity contribution in [2.45, 2.75) is 64.6 Å². The summed E-state index contributed by atoms with van der Waals surface area (Å²) < 4.78 is 5.05. The van der Waals surface area contributed by atoms with Gasteiger partial charge in [0, 0.05) is 17.1 Å². The number of nitrogens with zero attached hydrogens (tertiary/aromatic N) is 1. The SMILES string of the molecule is CCOC(=O)CN1C(C)(C)CC(N)CC1(C)C. The second-order valence-corrected chi connectivity index (χ2v) is 6.18. The van der Waals surface area contributed by atoms with Crippen LogP contribution in [0.1, 0.15) is 47.5 Å². The van der Waals surface area contributed by atoms with Crippen LogP contribution in [-0.2, 0) is 9.53 Å². The predicted molar refractivity (Wildman–Crippen MR) is 68.7 cm³/mol. The zero-order valence-corrected chi connectivity index (χ0v) is 11.7. The van der Waals surface area contributed by atoms with Gasteiger partial charge in [0.15, 0.2) is 0 Å². The summed E-state index contributed by atoms with van der Waals surface area (Å²) >= 11 is 0. The van der Waals surface area contributed by atoms with Gasteiger partial charge in [-0.25, -0.2) is 0 Å². The van der Waals surface area contributed by atoms with Gasteiger partial charge in [-0.2, -0.15) is 0 Å². The number of hydrogen-bond acceptors (Lipinski definition) is 4. The van der Waals surface area contributed by atoms with Gasteiger partial charge in [0.05, 0.1) is 13.2 Å². The summed E-state index contributed by atoms with van der Waals surface area (Å²) in [6.07, 6.45) is 1.83. The minimum absolute atomic E-state index is 0.0616. The summed E-state index contributed by atoms with van der Waals surface area (Å²) in [6.45, 7) is 11.2. The number of hydrogen-bond donors (Lipinski definition) is 1. The lowest BCUT2D eigenvalue weighted by Crippen LogP contribution is -2.64. The van der Waals surface area contributed by atoms with Gasteiger partial charge in [-0.3, -0.25) is 9.69 Å². The Bertz CT molecular complexity index is 269. The molecule has 1 fully saturated rings. The highest BCUT2D eigenvalue weighted by molar-refractivity contribution is 5.71. The van der Waals surface area contributed by atoms with Crippen LogP contribution in [-0.4, -0.2) is 41.1 Å². The topological polar surface area (TPSA) is 55.6 Å². The molecule has 17 heavy (non-hydrogen) atoms. The molecule has 0 radical (unpaired) electrons. The van der Waals surface area contributed by atoms with E-state index in [9.17, 15) is 4.79 Å². The van der Waals surface area contributed by atoms with Crippen LogP contribution in [0.15, 0.2) is 0 Å². The Labute approximate surface area is 104 Å². The first-order valence-electron chi connectivity index (χ1n) is 6.38. The molecule has 0 aromatic carbocycles. The van der Waals surface area contributed by atoms with Crippen LogP contribution in [0.25, 0.3) is 0 Å². The summed E-state index contributed by atoms with van der Waals surface area (Å²) in [4.78, 5) is 13.9. The van der Waals surface area contributed by atoms with Crippen molar-refractivity contribution in [3.63, 3.8) is 0 Å². The fourth-order valence-corrected chi connectivity index (χ4v) is 3.16. The van der Waals surface area contributed by atoms with E-state index < -0.39 is 0 Å². The normalized spacial score (nSPS) is 24.6. The smallest absolute Gasteiger partial charge is 0.320 e. The van der Waals surface area contributed by atoms with Crippen molar-refractivity contribution in [3.8, 4) is 0 Å². The fourth-order valence-electron chi connectivity index (χ4n) is 3.16. The Morgan fingerprint density at radius 2 is 1.76 bits per heavy atom. The second kappa shape index (κ2) is 4.94. The highest BCUT2D eigenvalue weighted by Crippen LogP contribution is 2.37. The number of rotatable bonds is 3. The van der Waals surface area contributed by atoms with E-state index in [4.69, 9.17) is 10.5 Å². The van der Waals surface area contributed by atoms with E-state index in [0.717, 1.165) is 12.8 Å². The summed E-state index contributed by atoms with van der Waals surface area (Å²) in [6, 6.07) is 0.207. The number of piperidine rings is 1. The van der Waals surface area contributed by atoms with Crippen LogP contribution in [0, 0.1) is 0 Å². The van der Waals surface area contributed by atoms with Crippen molar-refractivity contribution >= 4 is 5.97 Å². The number of carbonyl (C=O) groups excluding carboxylic acids is 1. The standard InChI is InChI=1S/C13H26N2O2/c1-6-17-11(16)9-15-12(2,3)7-10(14)8-13(15,4)5/h10H,6-9,14H2,1-5H3. The minimum atomic E-state index is -0.149. The molecule has 0 saturated carbocycles. The average Bonchev–Trinajstić information content (AvgIpc) is 2.10. The van der Waals surface area contributed by atoms with Gasteiger partial charge < -0.3 is 10.5 Å². The molecule has 2 N–H and O–H groups in total. The number of carbonyl (C=O) groups is 1. The molecule has 4 nitrogen and oxygen atoms in total. The van der Waals surface area contributed by atoms with Crippen LogP contribution in [0.2, 0.25) is 0 Å². The Balaban J connectivity index is 2.81. The lowest BCUT2D eigenvalue weighted by Gasteiger charge is -2.54. The van der Waals surface area contributed by atoms with Crippen molar-refractivity contribution in [2.75, 3.05) is 13.2 Å². The second-order valence-electron chi connectivity index (χ2n) is 6.18. The Morgan fingerprint density at radius 1 is 1.29 bits per heavy atom. The van der Waals surface area contributed by atoms with E-state index in [-0.39, 0.29) is 23.1 Å². The van der Waals surface area contributed by atoms with Gasteiger partial charge in [0.2, 0.25) is 0 Å². The van der Waals surface area contributed by atoms with Crippen LogP contribution in [0.5, 0.6) is 0 Å². The molecule has 0 amide bonds. The van der Waals surface area contributed by atoms with Crippen molar-refractivity contribution in [2.24, 2.45) is 5.73 Å². The Morgan fingerprint density at radius 3 is 2.18 bits per heavy atom. The molecule has 0 aliphatic carbocycles. The third-order valence-corrected chi connectivity index (χ3v) is 3.58. The van der Waals surface area contributed by atoms with Crippen LogP contribution >= 0.6 is 0 Å². The molecule has 1 rings (SSSR count). The fraction of sp³-hybridized carbons (Fsp3) is 0.923. The van der Waals surface area contributed by atoms with Crippen molar-refractivity contribution in [1.82, 2.24) is 4.90 Å². The van der Waals surface area contributed by atoms with Gasteiger partial charge in [-0.15, -0.1) is 0 Å². The van der Waals surface area contributed by atoms with Gasteiger partial charge in [-0.1, -0.05) is 0 Å². The molecular weight excluding hydrogens is 216 g/mol. The molecule has 0 spiro atoms. The van der Waals surface area contributed by atoms with Crippen molar-refractivity contribution in [3.05, 3.63) is 0 Å². The summed E-state index contributed by atoms with van der Waals surface area (Å²) in [7, 11) is 0. The third-order valence-electron chi connectivity index (χ3n) is 3.58. The molecule has 1 heterocycles. The zero-order valence-electron chi connectivity index (χ0n) is 11.7. The number of ether oxygens (including phenoxy) is 1. The van der Waals surface area contributed by atoms with Gasteiger partial charge in [0.1, 0.15) is 0 Å². The van der Waals surface area contributed by atoms with E-state index in [2.05, 4.69) is 32.6 Å². The average molecular weight is 242 g/mol. The lowest BCUT2D eigenvalue weighted by atomic mass is 9.77. The van der Waals surface area contributed by atoms with E-state index >= 15 is 0 Å². The molecule has 0 aromatic rings. The first-order valence-corrected chi connectivity index (χ1v) is 6.38. The molecule has 1 saturated heterocycles. The summed E-state index contributed by atoms with van der Waals surface area (Å²) in [5, 5.41) is 0. The largest absolute Gasteiger partial charge is 0.465 e. The third kappa shape index (κ3) is 3.42. The number of likely N-dealkylation sites (tertiary alicyclic amines) is 1. The van der Waals surface area contributed by atoms with E-state index in [1.165, 1.54) is 0 Å². The molecule has 0 atom stereocenters. The Kier molecular flexibility index (Phi) is 4.20. The zero-order chi connectivity index (χ0) is 13.3. The first-order chi connectivity index (χ1) is 7.69. The summed E-state index contributed by atoms with van der Waals surface area (Å²) in [5.74, 6) is -0.149. The molecule has 4 heteroatoms. The maximum absolute atomic E-state index is 11.7. The predicted octanol–water partition coefficient (Wildman–Crippen LogP) is 1.53. The molecular formula is C13H26N2O2. The minimum Gasteiger partial charge on any atom is -0.465 e. The molecule has 1 aliphatic heterocycles. The van der Waals surface area contributed by atoms with Crippen molar-refractivity contribution < 1.29 is 9.53 Å². The molecule has 100 valence electrons. The highest BCUT2D eigenvalue weighted by Gasteiger charge is 2.45. The number of esters is 1. The van der Waals surface area contributed by atoms with Crippen LogP contribution < -0.4 is 5.73 Å². The monoisotopic (exact) mass is 242 g/mol. The van der Waals surface area contributed by atoms with Crippen molar-refractivity contribution in [1.29, 1.82) is 0 Å². The van der Waals surface area contributed by atoms with Crippen LogP contribution in [0.4, 0.5) is 0 Å². The molecule has 0 bridgehead atoms. The summed E-state index contributed by atoms with van der Waals surface area (Å²) in [5.41, 5.74) is 5.97. The van der Waals surface area contributed by atoms with E-state index in [1.54, 1.807) is 0 Å². The maximum Gasteiger partial charge on any atom is 0.320 e. The van der Waals surface area contributed by atoms with Gasteiger partial charge in [0.25, 0.3) is 0 Å². The molecule has 1 aliphatic rings. The van der Waals surface area contributed by atoms with Gasteiger partial charge in [-0.05, 0) is 47.5 Å². The Hall–Kier alpha value is -0.610. The van der Waals surface area contributed by atoms with Gasteiger partial charge >= 0.3 is 5.97 Å². The number of nitrogens with two attached hydrogens (primary N) is 1. The lowest BCUT2D eigenvalue weighted by molar-refractivity contribution is -0.150. The maximum atomic E-state index is 11.7. The highest BCUT2D eigenvalue weighted by atomic mass is 16.5. The first kappa shape index (κ1) is 14.5. The van der Waals surface area contributed by atoms with E-state index in [0.29, 0.717) is 13.2 Å². The molecule has 0 aromatic heterocycles. The quantitative estimate of drug-likeness (QED) is 0.763.